The lowest BCUT2D eigenvalue weighted by Crippen LogP contribution is -2.32. The highest BCUT2D eigenvalue weighted by Crippen LogP contribution is 2.20. The number of esters is 1. The number of fused-ring (bicyclic) bond motifs is 1. The number of pyridine rings is 1. The fourth-order valence-electron chi connectivity index (χ4n) is 1.99. The third-order valence-corrected chi connectivity index (χ3v) is 2.83. The first kappa shape index (κ1) is 16.7. The topological polar surface area (TPSA) is 106 Å². The Morgan fingerprint density at radius 2 is 2.09 bits per heavy atom. The van der Waals surface area contributed by atoms with E-state index in [1.165, 1.54) is 6.20 Å². The summed E-state index contributed by atoms with van der Waals surface area (Å²) in [6, 6.07) is 1.56. The van der Waals surface area contributed by atoms with Crippen molar-refractivity contribution in [3.05, 3.63) is 23.5 Å². The van der Waals surface area contributed by atoms with Gasteiger partial charge in [0.2, 0.25) is 0 Å². The lowest BCUT2D eigenvalue weighted by atomic mass is 10.1. The average molecular weight is 320 g/mol. The molecule has 8 nitrogen and oxygen atoms in total. The molecule has 0 radical (unpaired) electrons. The molecule has 2 N–H and O–H groups in total. The number of aromatic amines is 1. The highest BCUT2D eigenvalue weighted by atomic mass is 16.6. The van der Waals surface area contributed by atoms with Gasteiger partial charge in [-0.1, -0.05) is 0 Å². The van der Waals surface area contributed by atoms with E-state index < -0.39 is 17.7 Å². The zero-order valence-corrected chi connectivity index (χ0v) is 13.6. The molecule has 124 valence electrons. The first-order chi connectivity index (χ1) is 10.8. The first-order valence-corrected chi connectivity index (χ1v) is 7.27. The molecule has 0 saturated heterocycles. The van der Waals surface area contributed by atoms with E-state index in [1.807, 2.05) is 0 Å². The standard InChI is InChI=1S/C15H20N4O4/c1-5-22-13(20)9-6-7-16-12-11(9)10(18-19-12)8-17-14(21)23-15(2,3)4/h6-7H,5,8H2,1-4H3,(H,17,21)(H,16,18,19). The van der Waals surface area contributed by atoms with Crippen LogP contribution in [0.3, 0.4) is 0 Å². The van der Waals surface area contributed by atoms with Crippen LogP contribution in [0.1, 0.15) is 43.7 Å². The van der Waals surface area contributed by atoms with Gasteiger partial charge >= 0.3 is 12.1 Å². The fraction of sp³-hybridized carbons (Fsp3) is 0.467. The molecule has 0 spiro atoms. The molecule has 8 heteroatoms. The van der Waals surface area contributed by atoms with Crippen LogP contribution in [-0.2, 0) is 16.0 Å². The minimum Gasteiger partial charge on any atom is -0.462 e. The molecular weight excluding hydrogens is 300 g/mol. The van der Waals surface area contributed by atoms with Gasteiger partial charge < -0.3 is 14.8 Å². The van der Waals surface area contributed by atoms with E-state index in [-0.39, 0.29) is 13.2 Å². The smallest absolute Gasteiger partial charge is 0.407 e. The first-order valence-electron chi connectivity index (χ1n) is 7.27. The number of carbonyl (C=O) groups is 2. The van der Waals surface area contributed by atoms with Crippen LogP contribution in [0.15, 0.2) is 12.3 Å². The molecule has 0 saturated carbocycles. The van der Waals surface area contributed by atoms with Crippen LogP contribution in [0.4, 0.5) is 4.79 Å². The molecule has 23 heavy (non-hydrogen) atoms. The van der Waals surface area contributed by atoms with E-state index in [1.54, 1.807) is 33.8 Å². The maximum Gasteiger partial charge on any atom is 0.407 e. The Bertz CT molecular complexity index is 718. The van der Waals surface area contributed by atoms with Gasteiger partial charge in [-0.05, 0) is 33.8 Å². The van der Waals surface area contributed by atoms with Crippen molar-refractivity contribution < 1.29 is 19.1 Å². The Balaban J connectivity index is 2.21. The van der Waals surface area contributed by atoms with Crippen LogP contribution in [0.25, 0.3) is 11.0 Å². The van der Waals surface area contributed by atoms with Gasteiger partial charge in [0.05, 0.1) is 29.8 Å². The highest BCUT2D eigenvalue weighted by Gasteiger charge is 2.19. The number of nitrogens with one attached hydrogen (secondary N) is 2. The number of rotatable bonds is 4. The van der Waals surface area contributed by atoms with E-state index in [0.717, 1.165) is 0 Å². The molecule has 0 fully saturated rings. The summed E-state index contributed by atoms with van der Waals surface area (Å²) in [6.07, 6.45) is 0.933. The number of amides is 1. The average Bonchev–Trinajstić information content (AvgIpc) is 2.86. The predicted molar refractivity (Wildman–Crippen MR) is 82.9 cm³/mol. The number of ether oxygens (including phenoxy) is 2. The van der Waals surface area contributed by atoms with Crippen molar-refractivity contribution in [2.45, 2.75) is 39.8 Å². The zero-order chi connectivity index (χ0) is 17.0. The molecule has 0 aromatic carbocycles. The van der Waals surface area contributed by atoms with E-state index in [2.05, 4.69) is 20.5 Å². The SMILES string of the molecule is CCOC(=O)c1ccnc2n[nH]c(CNC(=O)OC(C)(C)C)c12. The number of aromatic nitrogens is 3. The molecule has 2 aromatic heterocycles. The Kier molecular flexibility index (Phi) is 4.83. The van der Waals surface area contributed by atoms with Gasteiger partial charge in [0.1, 0.15) is 5.60 Å². The molecule has 0 bridgehead atoms. The summed E-state index contributed by atoms with van der Waals surface area (Å²) in [4.78, 5) is 27.9. The summed E-state index contributed by atoms with van der Waals surface area (Å²) in [5.74, 6) is -0.459. The fourth-order valence-corrected chi connectivity index (χ4v) is 1.99. The van der Waals surface area contributed by atoms with Crippen molar-refractivity contribution in [3.8, 4) is 0 Å². The molecule has 0 atom stereocenters. The van der Waals surface area contributed by atoms with E-state index >= 15 is 0 Å². The third-order valence-electron chi connectivity index (χ3n) is 2.83. The molecule has 1 amide bonds. The Morgan fingerprint density at radius 1 is 1.35 bits per heavy atom. The summed E-state index contributed by atoms with van der Waals surface area (Å²) in [7, 11) is 0. The van der Waals surface area contributed by atoms with Crippen molar-refractivity contribution in [1.29, 1.82) is 0 Å². The predicted octanol–water partition coefficient (Wildman–Crippen LogP) is 2.16. The van der Waals surface area contributed by atoms with Crippen LogP contribution in [-0.4, -0.2) is 39.5 Å². The summed E-state index contributed by atoms with van der Waals surface area (Å²) in [5, 5.41) is 9.97. The van der Waals surface area contributed by atoms with Crippen LogP contribution >= 0.6 is 0 Å². The number of alkyl carbamates (subject to hydrolysis) is 1. The molecule has 2 aromatic rings. The van der Waals surface area contributed by atoms with Crippen molar-refractivity contribution >= 4 is 23.1 Å². The molecular formula is C15H20N4O4. The van der Waals surface area contributed by atoms with Crippen LogP contribution in [0, 0.1) is 0 Å². The second-order valence-electron chi connectivity index (χ2n) is 5.84. The van der Waals surface area contributed by atoms with Gasteiger partial charge in [-0.15, -0.1) is 0 Å². The molecule has 0 unspecified atom stereocenters. The molecule has 0 aliphatic rings. The minimum atomic E-state index is -0.586. The van der Waals surface area contributed by atoms with Crippen LogP contribution in [0.5, 0.6) is 0 Å². The molecule has 2 heterocycles. The summed E-state index contributed by atoms with van der Waals surface area (Å²) in [6.45, 7) is 7.47. The number of H-pyrrole nitrogens is 1. The van der Waals surface area contributed by atoms with E-state index in [4.69, 9.17) is 9.47 Å². The molecule has 2 rings (SSSR count). The number of nitrogens with zero attached hydrogens (tertiary/aromatic N) is 2. The summed E-state index contributed by atoms with van der Waals surface area (Å²) in [5.41, 5.74) is 0.711. The van der Waals surface area contributed by atoms with Crippen molar-refractivity contribution in [3.63, 3.8) is 0 Å². The molecule has 0 aliphatic heterocycles. The summed E-state index contributed by atoms with van der Waals surface area (Å²) < 4.78 is 10.2. The Morgan fingerprint density at radius 3 is 2.74 bits per heavy atom. The number of carbonyl (C=O) groups excluding carboxylic acids is 2. The second kappa shape index (κ2) is 6.64. The van der Waals surface area contributed by atoms with Gasteiger partial charge in [-0.25, -0.2) is 14.6 Å². The van der Waals surface area contributed by atoms with Gasteiger partial charge in [-0.2, -0.15) is 5.10 Å². The van der Waals surface area contributed by atoms with Crippen LogP contribution in [0.2, 0.25) is 0 Å². The molecule has 0 aliphatic carbocycles. The normalized spacial score (nSPS) is 11.3. The van der Waals surface area contributed by atoms with Gasteiger partial charge in [0, 0.05) is 6.20 Å². The Hall–Kier alpha value is -2.64. The highest BCUT2D eigenvalue weighted by molar-refractivity contribution is 6.03. The quantitative estimate of drug-likeness (QED) is 0.836. The third kappa shape index (κ3) is 4.18. The Labute approximate surface area is 133 Å². The van der Waals surface area contributed by atoms with Crippen molar-refractivity contribution in [2.75, 3.05) is 6.61 Å². The van der Waals surface area contributed by atoms with Crippen molar-refractivity contribution in [2.24, 2.45) is 0 Å². The van der Waals surface area contributed by atoms with Crippen LogP contribution < -0.4 is 5.32 Å². The summed E-state index contributed by atoms with van der Waals surface area (Å²) >= 11 is 0. The monoisotopic (exact) mass is 320 g/mol. The number of hydrogen-bond acceptors (Lipinski definition) is 6. The lowest BCUT2D eigenvalue weighted by Gasteiger charge is -2.19. The lowest BCUT2D eigenvalue weighted by molar-refractivity contribution is 0.0517. The minimum absolute atomic E-state index is 0.128. The zero-order valence-electron chi connectivity index (χ0n) is 13.6. The van der Waals surface area contributed by atoms with E-state index in [0.29, 0.717) is 22.3 Å². The van der Waals surface area contributed by atoms with E-state index in [9.17, 15) is 9.59 Å². The van der Waals surface area contributed by atoms with Gasteiger partial charge in [0.15, 0.2) is 5.65 Å². The van der Waals surface area contributed by atoms with Gasteiger partial charge in [0.25, 0.3) is 0 Å². The maximum atomic E-state index is 12.0. The number of hydrogen-bond donors (Lipinski definition) is 2. The van der Waals surface area contributed by atoms with Gasteiger partial charge in [-0.3, -0.25) is 5.10 Å². The second-order valence-corrected chi connectivity index (χ2v) is 5.84. The maximum absolute atomic E-state index is 12.0. The van der Waals surface area contributed by atoms with Crippen molar-refractivity contribution in [1.82, 2.24) is 20.5 Å². The largest absolute Gasteiger partial charge is 0.462 e.